The molecule has 1 aromatic carbocycles. The second-order valence-electron chi connectivity index (χ2n) is 6.62. The number of benzene rings is 1. The molecule has 3 heterocycles. The minimum absolute atomic E-state index is 0.187. The van der Waals surface area contributed by atoms with Gasteiger partial charge in [0.25, 0.3) is 0 Å². The van der Waals surface area contributed by atoms with Gasteiger partial charge in [0.05, 0.1) is 36.4 Å². The lowest BCUT2D eigenvalue weighted by atomic mass is 9.94. The van der Waals surface area contributed by atoms with Crippen molar-refractivity contribution in [1.82, 2.24) is 19.7 Å². The Hall–Kier alpha value is -3.86. The number of fused-ring (bicyclic) bond motifs is 1. The summed E-state index contributed by atoms with van der Waals surface area (Å²) in [7, 11) is 0. The first-order valence-corrected chi connectivity index (χ1v) is 9.36. The van der Waals surface area contributed by atoms with Gasteiger partial charge in [-0.2, -0.15) is 10.4 Å². The summed E-state index contributed by atoms with van der Waals surface area (Å²) in [6.07, 6.45) is 1.84. The van der Waals surface area contributed by atoms with E-state index < -0.39 is 0 Å². The number of ether oxygens (including phenoxy) is 1. The Bertz CT molecular complexity index is 1100. The average molecular weight is 388 g/mol. The number of hydrogen-bond acceptors (Lipinski definition) is 6. The molecule has 0 saturated heterocycles. The molecule has 29 heavy (non-hydrogen) atoms. The highest BCUT2D eigenvalue weighted by Gasteiger charge is 2.29. The predicted octanol–water partition coefficient (Wildman–Crippen LogP) is 2.90. The number of nitriles is 1. The number of carbonyl (C=O) groups excluding carboxylic acids is 1. The van der Waals surface area contributed by atoms with Gasteiger partial charge in [0.2, 0.25) is 0 Å². The Kier molecular flexibility index (Phi) is 4.87. The van der Waals surface area contributed by atoms with E-state index in [1.807, 2.05) is 36.4 Å². The zero-order valence-corrected chi connectivity index (χ0v) is 16.0. The number of amides is 1. The van der Waals surface area contributed by atoms with Crippen LogP contribution in [0.5, 0.6) is 0 Å². The maximum absolute atomic E-state index is 12.3. The van der Waals surface area contributed by atoms with Crippen molar-refractivity contribution in [3.8, 4) is 23.0 Å². The molecule has 1 aliphatic heterocycles. The van der Waals surface area contributed by atoms with E-state index in [1.165, 1.54) is 0 Å². The number of aromatic nitrogens is 3. The van der Waals surface area contributed by atoms with E-state index in [2.05, 4.69) is 16.2 Å². The van der Waals surface area contributed by atoms with Gasteiger partial charge in [-0.25, -0.2) is 14.5 Å². The molecule has 146 valence electrons. The van der Waals surface area contributed by atoms with Gasteiger partial charge >= 0.3 is 6.09 Å². The van der Waals surface area contributed by atoms with Crippen LogP contribution in [0, 0.1) is 11.3 Å². The number of hydrogen-bond donors (Lipinski definition) is 1. The molecule has 0 unspecified atom stereocenters. The molecule has 2 aromatic heterocycles. The molecule has 4 rings (SSSR count). The zero-order chi connectivity index (χ0) is 20.4. The maximum atomic E-state index is 12.3. The summed E-state index contributed by atoms with van der Waals surface area (Å²) >= 11 is 0. The third-order valence-corrected chi connectivity index (χ3v) is 4.92. The fourth-order valence-electron chi connectivity index (χ4n) is 3.61. The molecule has 0 bridgehead atoms. The number of nitrogen functional groups attached to an aromatic ring is 1. The van der Waals surface area contributed by atoms with Crippen molar-refractivity contribution in [3.63, 3.8) is 0 Å². The van der Waals surface area contributed by atoms with Crippen molar-refractivity contribution in [2.45, 2.75) is 19.9 Å². The predicted molar refractivity (Wildman–Crippen MR) is 107 cm³/mol. The van der Waals surface area contributed by atoms with Crippen LogP contribution in [0.1, 0.15) is 23.7 Å². The smallest absolute Gasteiger partial charge is 0.410 e. The SMILES string of the molecule is CCOC(=O)N1CCc2nc(N)c(C#N)c(-c3ccnn3-c3ccccc3)c2C1. The molecule has 8 heteroatoms. The van der Waals surface area contributed by atoms with Crippen LogP contribution in [-0.4, -0.2) is 38.9 Å². The fourth-order valence-corrected chi connectivity index (χ4v) is 3.61. The van der Waals surface area contributed by atoms with E-state index in [4.69, 9.17) is 10.5 Å². The lowest BCUT2D eigenvalue weighted by Crippen LogP contribution is -2.37. The van der Waals surface area contributed by atoms with E-state index in [9.17, 15) is 10.1 Å². The van der Waals surface area contributed by atoms with Crippen molar-refractivity contribution in [2.75, 3.05) is 18.9 Å². The third-order valence-electron chi connectivity index (χ3n) is 4.92. The van der Waals surface area contributed by atoms with Crippen LogP contribution in [0.25, 0.3) is 16.9 Å². The van der Waals surface area contributed by atoms with Crippen LogP contribution in [0.15, 0.2) is 42.6 Å². The van der Waals surface area contributed by atoms with E-state index in [0.29, 0.717) is 31.7 Å². The molecular formula is C21H20N6O2. The van der Waals surface area contributed by atoms with Crippen molar-refractivity contribution < 1.29 is 9.53 Å². The van der Waals surface area contributed by atoms with Gasteiger partial charge in [0.15, 0.2) is 0 Å². The topological polar surface area (TPSA) is 110 Å². The minimum atomic E-state index is -0.379. The first-order valence-electron chi connectivity index (χ1n) is 9.36. The van der Waals surface area contributed by atoms with Crippen LogP contribution < -0.4 is 5.73 Å². The Balaban J connectivity index is 1.89. The van der Waals surface area contributed by atoms with Gasteiger partial charge < -0.3 is 15.4 Å². The number of anilines is 1. The summed E-state index contributed by atoms with van der Waals surface area (Å²) in [5, 5.41) is 14.3. The lowest BCUT2D eigenvalue weighted by Gasteiger charge is -2.29. The fraction of sp³-hybridized carbons (Fsp3) is 0.238. The number of nitrogens with zero attached hydrogens (tertiary/aromatic N) is 5. The quantitative estimate of drug-likeness (QED) is 0.739. The number of para-hydroxylation sites is 1. The molecule has 1 amide bonds. The number of nitrogens with two attached hydrogens (primary N) is 1. The van der Waals surface area contributed by atoms with Crippen molar-refractivity contribution in [1.29, 1.82) is 5.26 Å². The average Bonchev–Trinajstić information content (AvgIpc) is 3.22. The van der Waals surface area contributed by atoms with E-state index >= 15 is 0 Å². The molecule has 1 aliphatic rings. The Labute approximate surface area is 168 Å². The van der Waals surface area contributed by atoms with Gasteiger partial charge in [-0.3, -0.25) is 0 Å². The third kappa shape index (κ3) is 3.27. The minimum Gasteiger partial charge on any atom is -0.450 e. The van der Waals surface area contributed by atoms with Crippen LogP contribution in [0.2, 0.25) is 0 Å². The van der Waals surface area contributed by atoms with Crippen LogP contribution >= 0.6 is 0 Å². The van der Waals surface area contributed by atoms with E-state index in [1.54, 1.807) is 22.7 Å². The van der Waals surface area contributed by atoms with Gasteiger partial charge in [-0.05, 0) is 25.1 Å². The van der Waals surface area contributed by atoms with Gasteiger partial charge in [-0.15, -0.1) is 0 Å². The monoisotopic (exact) mass is 388 g/mol. The molecule has 0 fully saturated rings. The van der Waals surface area contributed by atoms with Gasteiger partial charge in [-0.1, -0.05) is 18.2 Å². The van der Waals surface area contributed by atoms with Crippen LogP contribution in [0.3, 0.4) is 0 Å². The Morgan fingerprint density at radius 3 is 2.83 bits per heavy atom. The second-order valence-corrected chi connectivity index (χ2v) is 6.62. The van der Waals surface area contributed by atoms with Gasteiger partial charge in [0.1, 0.15) is 17.5 Å². The summed E-state index contributed by atoms with van der Waals surface area (Å²) in [6.45, 7) is 2.86. The summed E-state index contributed by atoms with van der Waals surface area (Å²) in [5.41, 5.74) is 10.2. The van der Waals surface area contributed by atoms with Crippen LogP contribution in [-0.2, 0) is 17.7 Å². The second kappa shape index (κ2) is 7.64. The number of rotatable bonds is 3. The lowest BCUT2D eigenvalue weighted by molar-refractivity contribution is 0.102. The number of carbonyl (C=O) groups is 1. The van der Waals surface area contributed by atoms with Crippen molar-refractivity contribution in [3.05, 3.63) is 59.4 Å². The van der Waals surface area contributed by atoms with Gasteiger partial charge in [0, 0.05) is 24.1 Å². The molecular weight excluding hydrogens is 368 g/mol. The molecule has 0 atom stereocenters. The molecule has 0 saturated carbocycles. The summed E-state index contributed by atoms with van der Waals surface area (Å²) in [4.78, 5) is 18.4. The first kappa shape index (κ1) is 18.5. The number of pyridine rings is 1. The normalized spacial score (nSPS) is 12.9. The molecule has 0 spiro atoms. The first-order chi connectivity index (χ1) is 14.1. The highest BCUT2D eigenvalue weighted by atomic mass is 16.6. The van der Waals surface area contributed by atoms with E-state index in [0.717, 1.165) is 22.6 Å². The molecule has 8 nitrogen and oxygen atoms in total. The Morgan fingerprint density at radius 2 is 2.10 bits per heavy atom. The highest BCUT2D eigenvalue weighted by molar-refractivity contribution is 5.79. The molecule has 0 aliphatic carbocycles. The summed E-state index contributed by atoms with van der Waals surface area (Å²) in [6, 6.07) is 13.7. The standard InChI is InChI=1S/C21H20N6O2/c1-2-29-21(28)26-11-9-17-16(13-26)19(15(12-22)20(23)25-17)18-8-10-24-27(18)14-6-4-3-5-7-14/h3-8,10H,2,9,11,13H2,1H3,(H2,23,25). The summed E-state index contributed by atoms with van der Waals surface area (Å²) < 4.78 is 6.92. The molecule has 3 aromatic rings. The molecule has 2 N–H and O–H groups in total. The summed E-state index contributed by atoms with van der Waals surface area (Å²) in [5.74, 6) is 0.187. The highest BCUT2D eigenvalue weighted by Crippen LogP contribution is 2.36. The maximum Gasteiger partial charge on any atom is 0.410 e. The van der Waals surface area contributed by atoms with E-state index in [-0.39, 0.29) is 17.5 Å². The van der Waals surface area contributed by atoms with Crippen LogP contribution in [0.4, 0.5) is 10.6 Å². The Morgan fingerprint density at radius 1 is 1.31 bits per heavy atom. The van der Waals surface area contributed by atoms with Crippen molar-refractivity contribution in [2.24, 2.45) is 0 Å². The van der Waals surface area contributed by atoms with Crippen molar-refractivity contribution >= 4 is 11.9 Å². The molecule has 0 radical (unpaired) electrons. The largest absolute Gasteiger partial charge is 0.450 e. The zero-order valence-electron chi connectivity index (χ0n) is 16.0.